The van der Waals surface area contributed by atoms with Crippen molar-refractivity contribution < 1.29 is 9.47 Å². The van der Waals surface area contributed by atoms with Crippen LogP contribution in [0.2, 0.25) is 0 Å². The maximum atomic E-state index is 5.28. The van der Waals surface area contributed by atoms with Crippen molar-refractivity contribution in [3.05, 3.63) is 46.2 Å². The summed E-state index contributed by atoms with van der Waals surface area (Å²) in [5.41, 5.74) is 5.15. The number of ether oxygens (including phenoxy) is 2. The maximum absolute atomic E-state index is 5.28. The van der Waals surface area contributed by atoms with Crippen molar-refractivity contribution >= 4 is 17.0 Å². The lowest BCUT2D eigenvalue weighted by Gasteiger charge is -2.09. The molecule has 0 unspecified atom stereocenters. The average molecular weight is 290 g/mol. The van der Waals surface area contributed by atoms with Crippen molar-refractivity contribution in [3.63, 3.8) is 0 Å². The van der Waals surface area contributed by atoms with Crippen molar-refractivity contribution in [1.29, 1.82) is 0 Å². The second-order valence-corrected chi connectivity index (χ2v) is 5.15. The average Bonchev–Trinajstić information content (AvgIpc) is 3.01. The molecule has 0 aliphatic carbocycles. The predicted molar refractivity (Wildman–Crippen MR) is 82.9 cm³/mol. The minimum atomic E-state index is 0.642. The molecule has 0 bridgehead atoms. The summed E-state index contributed by atoms with van der Waals surface area (Å²) in [5, 5.41) is 6.41. The van der Waals surface area contributed by atoms with Gasteiger partial charge in [-0.2, -0.15) is 5.10 Å². The van der Waals surface area contributed by atoms with E-state index in [1.807, 2.05) is 36.6 Å². The minimum absolute atomic E-state index is 0.642. The smallest absolute Gasteiger partial charge is 0.161 e. The van der Waals surface area contributed by atoms with Gasteiger partial charge in [0.25, 0.3) is 0 Å². The fourth-order valence-electron chi connectivity index (χ4n) is 1.78. The third kappa shape index (κ3) is 3.51. The predicted octanol–water partition coefficient (Wildman–Crippen LogP) is 3.28. The van der Waals surface area contributed by atoms with E-state index >= 15 is 0 Å². The Bertz CT molecular complexity index is 580. The number of rotatable bonds is 6. The Labute approximate surface area is 123 Å². The topological polar surface area (TPSA) is 42.8 Å². The second kappa shape index (κ2) is 6.96. The van der Waals surface area contributed by atoms with Crippen molar-refractivity contribution in [3.8, 4) is 11.5 Å². The van der Waals surface area contributed by atoms with E-state index in [2.05, 4.69) is 16.6 Å². The second-order valence-electron chi connectivity index (χ2n) is 4.20. The summed E-state index contributed by atoms with van der Waals surface area (Å²) in [6.45, 7) is 2.64. The maximum Gasteiger partial charge on any atom is 0.161 e. The summed E-state index contributed by atoms with van der Waals surface area (Å²) in [7, 11) is 3.26. The zero-order valence-corrected chi connectivity index (χ0v) is 12.7. The van der Waals surface area contributed by atoms with Crippen LogP contribution in [0.25, 0.3) is 0 Å². The largest absolute Gasteiger partial charge is 0.493 e. The summed E-state index contributed by atoms with van der Waals surface area (Å²) in [6.07, 6.45) is 0. The number of methoxy groups -OCH3 is 2. The lowest BCUT2D eigenvalue weighted by Crippen LogP contribution is -2.08. The minimum Gasteiger partial charge on any atom is -0.493 e. The van der Waals surface area contributed by atoms with Crippen LogP contribution in [0.4, 0.5) is 0 Å². The van der Waals surface area contributed by atoms with Gasteiger partial charge in [0.05, 0.1) is 26.5 Å². The van der Waals surface area contributed by atoms with Gasteiger partial charge in [-0.25, -0.2) is 0 Å². The number of nitrogens with zero attached hydrogens (tertiary/aromatic N) is 1. The van der Waals surface area contributed by atoms with Crippen LogP contribution in [0.1, 0.15) is 17.4 Å². The summed E-state index contributed by atoms with van der Waals surface area (Å²) in [5.74, 6) is 1.46. The fourth-order valence-corrected chi connectivity index (χ4v) is 2.46. The lowest BCUT2D eigenvalue weighted by atomic mass is 10.2. The standard InChI is InChI=1S/C15H18N2O2S/c1-11(15-5-4-8-20-15)17-16-10-12-6-7-13(18-2)14(9-12)19-3/h4-9,16H,10H2,1-3H3/b17-11+. The molecule has 0 aliphatic heterocycles. The molecule has 0 saturated carbocycles. The normalized spacial score (nSPS) is 11.2. The molecule has 2 aromatic rings. The van der Waals surface area contributed by atoms with E-state index in [0.29, 0.717) is 6.54 Å². The zero-order valence-electron chi connectivity index (χ0n) is 11.8. The van der Waals surface area contributed by atoms with E-state index < -0.39 is 0 Å². The Hall–Kier alpha value is -2.01. The van der Waals surface area contributed by atoms with Crippen molar-refractivity contribution in [1.82, 2.24) is 5.43 Å². The quantitative estimate of drug-likeness (QED) is 0.656. The molecule has 20 heavy (non-hydrogen) atoms. The molecule has 1 N–H and O–H groups in total. The molecule has 1 aromatic heterocycles. The first-order valence-corrected chi connectivity index (χ1v) is 7.14. The van der Waals surface area contributed by atoms with Gasteiger partial charge in [0.15, 0.2) is 11.5 Å². The van der Waals surface area contributed by atoms with E-state index in [4.69, 9.17) is 9.47 Å². The van der Waals surface area contributed by atoms with Crippen LogP contribution in [-0.2, 0) is 6.54 Å². The van der Waals surface area contributed by atoms with E-state index in [1.165, 1.54) is 4.88 Å². The number of hydrogen-bond donors (Lipinski definition) is 1. The highest BCUT2D eigenvalue weighted by Gasteiger charge is 2.04. The molecule has 1 heterocycles. The molecular weight excluding hydrogens is 272 g/mol. The third-order valence-corrected chi connectivity index (χ3v) is 3.83. The van der Waals surface area contributed by atoms with Crippen LogP contribution in [0.15, 0.2) is 40.8 Å². The van der Waals surface area contributed by atoms with Gasteiger partial charge in [-0.15, -0.1) is 11.3 Å². The molecule has 0 spiro atoms. The first kappa shape index (κ1) is 14.4. The Morgan fingerprint density at radius 3 is 2.65 bits per heavy atom. The van der Waals surface area contributed by atoms with Gasteiger partial charge in [0.1, 0.15) is 0 Å². The Kier molecular flexibility index (Phi) is 5.01. The number of thiophene rings is 1. The fraction of sp³-hybridized carbons (Fsp3) is 0.267. The zero-order chi connectivity index (χ0) is 14.4. The summed E-state index contributed by atoms with van der Waals surface area (Å²) < 4.78 is 10.5. The van der Waals surface area contributed by atoms with Crippen molar-refractivity contribution in [2.24, 2.45) is 5.10 Å². The molecule has 1 aromatic carbocycles. The van der Waals surface area contributed by atoms with Crippen LogP contribution < -0.4 is 14.9 Å². The summed E-state index contributed by atoms with van der Waals surface area (Å²) in [4.78, 5) is 1.17. The molecule has 0 radical (unpaired) electrons. The van der Waals surface area contributed by atoms with Crippen LogP contribution in [0.3, 0.4) is 0 Å². The molecule has 5 heteroatoms. The Balaban J connectivity index is 1.99. The van der Waals surface area contributed by atoms with E-state index in [9.17, 15) is 0 Å². The SMILES string of the molecule is COc1ccc(CN/N=C(\C)c2cccs2)cc1OC. The number of benzene rings is 1. The van der Waals surface area contributed by atoms with E-state index in [1.54, 1.807) is 25.6 Å². The van der Waals surface area contributed by atoms with E-state index in [0.717, 1.165) is 22.8 Å². The molecule has 0 fully saturated rings. The van der Waals surface area contributed by atoms with Crippen LogP contribution in [-0.4, -0.2) is 19.9 Å². The Morgan fingerprint density at radius 2 is 2.00 bits per heavy atom. The van der Waals surface area contributed by atoms with Crippen LogP contribution >= 0.6 is 11.3 Å². The highest BCUT2D eigenvalue weighted by molar-refractivity contribution is 7.12. The third-order valence-electron chi connectivity index (χ3n) is 2.86. The van der Waals surface area contributed by atoms with Gasteiger partial charge in [-0.05, 0) is 36.1 Å². The molecule has 0 amide bonds. The molecule has 106 valence electrons. The number of nitrogens with one attached hydrogen (secondary N) is 1. The molecular formula is C15H18N2O2S. The highest BCUT2D eigenvalue weighted by atomic mass is 32.1. The molecule has 4 nitrogen and oxygen atoms in total. The van der Waals surface area contributed by atoms with Crippen molar-refractivity contribution in [2.75, 3.05) is 14.2 Å². The van der Waals surface area contributed by atoms with Gasteiger partial charge in [0.2, 0.25) is 0 Å². The Morgan fingerprint density at radius 1 is 1.20 bits per heavy atom. The first-order chi connectivity index (χ1) is 9.74. The van der Waals surface area contributed by atoms with Gasteiger partial charge in [0, 0.05) is 4.88 Å². The van der Waals surface area contributed by atoms with Gasteiger partial charge in [-0.3, -0.25) is 0 Å². The van der Waals surface area contributed by atoms with Gasteiger partial charge in [-0.1, -0.05) is 12.1 Å². The molecule has 2 rings (SSSR count). The van der Waals surface area contributed by atoms with E-state index in [-0.39, 0.29) is 0 Å². The monoisotopic (exact) mass is 290 g/mol. The first-order valence-electron chi connectivity index (χ1n) is 6.26. The molecule has 0 saturated heterocycles. The molecule has 0 atom stereocenters. The van der Waals surface area contributed by atoms with Gasteiger partial charge < -0.3 is 14.9 Å². The lowest BCUT2D eigenvalue weighted by molar-refractivity contribution is 0.354. The van der Waals surface area contributed by atoms with Crippen LogP contribution in [0.5, 0.6) is 11.5 Å². The number of hydrazone groups is 1. The highest BCUT2D eigenvalue weighted by Crippen LogP contribution is 2.27. The van der Waals surface area contributed by atoms with Crippen LogP contribution in [0, 0.1) is 0 Å². The van der Waals surface area contributed by atoms with Crippen molar-refractivity contribution in [2.45, 2.75) is 13.5 Å². The number of hydrogen-bond acceptors (Lipinski definition) is 5. The summed E-state index contributed by atoms with van der Waals surface area (Å²) >= 11 is 1.68. The van der Waals surface area contributed by atoms with Gasteiger partial charge >= 0.3 is 0 Å². The summed E-state index contributed by atoms with van der Waals surface area (Å²) in [6, 6.07) is 9.91. The molecule has 0 aliphatic rings.